The Bertz CT molecular complexity index is 392. The average Bonchev–Trinajstić information content (AvgIpc) is 2.99. The second-order valence-corrected chi connectivity index (χ2v) is 5.42. The van der Waals surface area contributed by atoms with Crippen molar-refractivity contribution in [3.63, 3.8) is 0 Å². The van der Waals surface area contributed by atoms with E-state index in [1.807, 2.05) is 0 Å². The first-order valence-corrected chi connectivity index (χ1v) is 6.72. The zero-order valence-corrected chi connectivity index (χ0v) is 10.8. The van der Waals surface area contributed by atoms with Crippen molar-refractivity contribution in [1.29, 1.82) is 0 Å². The second kappa shape index (κ2) is 4.42. The van der Waals surface area contributed by atoms with Crippen LogP contribution in [0.2, 0.25) is 0 Å². The fourth-order valence-corrected chi connectivity index (χ4v) is 3.26. The first kappa shape index (κ1) is 11.2. The van der Waals surface area contributed by atoms with Crippen LogP contribution < -0.4 is 5.32 Å². The van der Waals surface area contributed by atoms with Crippen molar-refractivity contribution in [3.05, 3.63) is 17.5 Å². The molecule has 17 heavy (non-hydrogen) atoms. The Kier molecular flexibility index (Phi) is 2.92. The van der Waals surface area contributed by atoms with E-state index in [-0.39, 0.29) is 0 Å². The predicted octanol–water partition coefficient (Wildman–Crippen LogP) is 1.49. The van der Waals surface area contributed by atoms with Crippen LogP contribution >= 0.6 is 0 Å². The fraction of sp³-hybridized carbons (Fsp3) is 0.769. The molecule has 2 saturated heterocycles. The van der Waals surface area contributed by atoms with Gasteiger partial charge in [-0.3, -0.25) is 9.58 Å². The van der Waals surface area contributed by atoms with Crippen LogP contribution in [0.15, 0.2) is 6.20 Å². The molecule has 0 aliphatic carbocycles. The van der Waals surface area contributed by atoms with E-state index in [2.05, 4.69) is 40.2 Å². The van der Waals surface area contributed by atoms with E-state index in [1.54, 1.807) is 0 Å². The summed E-state index contributed by atoms with van der Waals surface area (Å²) >= 11 is 0. The van der Waals surface area contributed by atoms with Gasteiger partial charge in [0, 0.05) is 18.2 Å². The van der Waals surface area contributed by atoms with Crippen LogP contribution in [-0.4, -0.2) is 41.4 Å². The van der Waals surface area contributed by atoms with Crippen LogP contribution in [0.1, 0.15) is 42.6 Å². The highest BCUT2D eigenvalue weighted by atomic mass is 15.4. The Hall–Kier alpha value is -0.870. The van der Waals surface area contributed by atoms with Crippen molar-refractivity contribution in [3.8, 4) is 0 Å². The lowest BCUT2D eigenvalue weighted by Gasteiger charge is -2.21. The van der Waals surface area contributed by atoms with Gasteiger partial charge in [-0.25, -0.2) is 0 Å². The van der Waals surface area contributed by atoms with Crippen molar-refractivity contribution in [2.45, 2.75) is 38.3 Å². The zero-order valence-electron chi connectivity index (χ0n) is 10.8. The molecule has 3 rings (SSSR count). The Morgan fingerprint density at radius 1 is 1.41 bits per heavy atom. The quantitative estimate of drug-likeness (QED) is 0.841. The summed E-state index contributed by atoms with van der Waals surface area (Å²) in [5, 5.41) is 8.08. The molecule has 4 heteroatoms. The summed E-state index contributed by atoms with van der Waals surface area (Å²) < 4.78 is 2.24. The number of likely N-dealkylation sites (tertiary alicyclic amines) is 1. The molecule has 1 N–H and O–H groups in total. The van der Waals surface area contributed by atoms with Gasteiger partial charge in [-0.05, 0) is 51.9 Å². The van der Waals surface area contributed by atoms with E-state index >= 15 is 0 Å². The molecule has 0 bridgehead atoms. The molecule has 3 heterocycles. The van der Waals surface area contributed by atoms with E-state index < -0.39 is 0 Å². The number of nitrogens with zero attached hydrogens (tertiary/aromatic N) is 3. The van der Waals surface area contributed by atoms with E-state index in [0.717, 1.165) is 13.1 Å². The molecular formula is C13H22N4. The summed E-state index contributed by atoms with van der Waals surface area (Å²) in [4.78, 5) is 2.41. The first-order chi connectivity index (χ1) is 8.27. The van der Waals surface area contributed by atoms with Gasteiger partial charge in [-0.15, -0.1) is 0 Å². The van der Waals surface area contributed by atoms with Gasteiger partial charge in [0.25, 0.3) is 0 Å². The van der Waals surface area contributed by atoms with Gasteiger partial charge in [-0.1, -0.05) is 0 Å². The van der Waals surface area contributed by atoms with Crippen molar-refractivity contribution < 1.29 is 0 Å². The molecule has 2 unspecified atom stereocenters. The number of rotatable bonds is 2. The third-order valence-corrected chi connectivity index (χ3v) is 4.35. The molecule has 2 atom stereocenters. The van der Waals surface area contributed by atoms with Crippen LogP contribution in [-0.2, 0) is 0 Å². The molecule has 0 aromatic carbocycles. The summed E-state index contributed by atoms with van der Waals surface area (Å²) in [5.74, 6) is 0.676. The molecule has 2 aliphatic rings. The summed E-state index contributed by atoms with van der Waals surface area (Å²) in [5.41, 5.74) is 2.83. The summed E-state index contributed by atoms with van der Waals surface area (Å²) in [7, 11) is 2.20. The number of hydrogen-bond acceptors (Lipinski definition) is 3. The van der Waals surface area contributed by atoms with E-state index in [1.165, 1.54) is 37.1 Å². The molecule has 0 radical (unpaired) electrons. The van der Waals surface area contributed by atoms with Crippen LogP contribution in [0.25, 0.3) is 0 Å². The van der Waals surface area contributed by atoms with E-state index in [4.69, 9.17) is 0 Å². The maximum absolute atomic E-state index is 4.64. The Labute approximate surface area is 103 Å². The maximum Gasteiger partial charge on any atom is 0.104 e. The monoisotopic (exact) mass is 234 g/mol. The number of nitrogens with one attached hydrogen (secondary N) is 1. The standard InChI is InChI=1S/C13H22N4/c1-10-12(11-5-6-14-8-11)9-15-17(10)13-4-3-7-16(13)2/h9,11,13-14H,3-8H2,1-2H3. The minimum atomic E-state index is 0.484. The molecule has 4 nitrogen and oxygen atoms in total. The molecule has 0 amide bonds. The van der Waals surface area contributed by atoms with Gasteiger partial charge in [0.05, 0.1) is 6.20 Å². The average molecular weight is 234 g/mol. The van der Waals surface area contributed by atoms with Crippen LogP contribution in [0.3, 0.4) is 0 Å². The van der Waals surface area contributed by atoms with Crippen LogP contribution in [0, 0.1) is 6.92 Å². The third-order valence-electron chi connectivity index (χ3n) is 4.35. The predicted molar refractivity (Wildman–Crippen MR) is 68.1 cm³/mol. The van der Waals surface area contributed by atoms with Gasteiger partial charge >= 0.3 is 0 Å². The first-order valence-electron chi connectivity index (χ1n) is 6.72. The van der Waals surface area contributed by atoms with Gasteiger partial charge in [0.1, 0.15) is 6.17 Å². The Morgan fingerprint density at radius 2 is 2.29 bits per heavy atom. The minimum absolute atomic E-state index is 0.484. The molecule has 1 aromatic rings. The van der Waals surface area contributed by atoms with Crippen molar-refractivity contribution in [1.82, 2.24) is 20.0 Å². The number of aromatic nitrogens is 2. The van der Waals surface area contributed by atoms with Gasteiger partial charge < -0.3 is 5.32 Å². The van der Waals surface area contributed by atoms with Crippen LogP contribution in [0.4, 0.5) is 0 Å². The highest BCUT2D eigenvalue weighted by Crippen LogP contribution is 2.30. The van der Waals surface area contributed by atoms with Gasteiger partial charge in [0.15, 0.2) is 0 Å². The van der Waals surface area contributed by atoms with Crippen molar-refractivity contribution in [2.75, 3.05) is 26.7 Å². The van der Waals surface area contributed by atoms with Crippen molar-refractivity contribution >= 4 is 0 Å². The molecule has 1 aromatic heterocycles. The Morgan fingerprint density at radius 3 is 2.94 bits per heavy atom. The van der Waals surface area contributed by atoms with E-state index in [0.29, 0.717) is 12.1 Å². The summed E-state index contributed by atoms with van der Waals surface area (Å²) in [6.45, 7) is 5.70. The molecule has 2 fully saturated rings. The lowest BCUT2D eigenvalue weighted by Crippen LogP contribution is -2.25. The molecule has 0 spiro atoms. The number of hydrogen-bond donors (Lipinski definition) is 1. The normalized spacial score (nSPS) is 30.2. The topological polar surface area (TPSA) is 33.1 Å². The van der Waals surface area contributed by atoms with Gasteiger partial charge in [-0.2, -0.15) is 5.10 Å². The van der Waals surface area contributed by atoms with E-state index in [9.17, 15) is 0 Å². The molecule has 0 saturated carbocycles. The summed E-state index contributed by atoms with van der Waals surface area (Å²) in [6.07, 6.45) is 6.37. The third kappa shape index (κ3) is 1.89. The largest absolute Gasteiger partial charge is 0.316 e. The van der Waals surface area contributed by atoms with Crippen LogP contribution in [0.5, 0.6) is 0 Å². The molecular weight excluding hydrogens is 212 g/mol. The van der Waals surface area contributed by atoms with Gasteiger partial charge in [0.2, 0.25) is 0 Å². The lowest BCUT2D eigenvalue weighted by atomic mass is 9.99. The molecule has 2 aliphatic heterocycles. The molecule has 94 valence electrons. The minimum Gasteiger partial charge on any atom is -0.316 e. The smallest absolute Gasteiger partial charge is 0.104 e. The zero-order chi connectivity index (χ0) is 11.8. The SMILES string of the molecule is Cc1c(C2CCNC2)cnn1C1CCCN1C. The highest BCUT2D eigenvalue weighted by molar-refractivity contribution is 5.23. The second-order valence-electron chi connectivity index (χ2n) is 5.42. The Balaban J connectivity index is 1.86. The summed E-state index contributed by atoms with van der Waals surface area (Å²) in [6, 6.07) is 0. The highest BCUT2D eigenvalue weighted by Gasteiger charge is 2.27. The lowest BCUT2D eigenvalue weighted by molar-refractivity contribution is 0.217. The fourth-order valence-electron chi connectivity index (χ4n) is 3.26. The van der Waals surface area contributed by atoms with Crippen molar-refractivity contribution in [2.24, 2.45) is 0 Å². The maximum atomic E-state index is 4.64.